The Labute approximate surface area is 179 Å². The molecule has 0 amide bonds. The van der Waals surface area contributed by atoms with Crippen molar-refractivity contribution in [2.75, 3.05) is 14.2 Å². The van der Waals surface area contributed by atoms with Crippen LogP contribution in [0.3, 0.4) is 0 Å². The molecule has 4 nitrogen and oxygen atoms in total. The third-order valence-electron chi connectivity index (χ3n) is 4.41. The van der Waals surface area contributed by atoms with Gasteiger partial charge < -0.3 is 9.47 Å². The van der Waals surface area contributed by atoms with Gasteiger partial charge in [-0.2, -0.15) is 0 Å². The van der Waals surface area contributed by atoms with Crippen LogP contribution in [0.5, 0.6) is 11.5 Å². The number of fused-ring (bicyclic) bond motifs is 1. The fourth-order valence-corrected chi connectivity index (χ4v) is 3.83. The lowest BCUT2D eigenvalue weighted by Gasteiger charge is -2.13. The van der Waals surface area contributed by atoms with Crippen LogP contribution in [0.15, 0.2) is 69.6 Å². The van der Waals surface area contributed by atoms with Gasteiger partial charge in [0.2, 0.25) is 0 Å². The van der Waals surface area contributed by atoms with E-state index in [2.05, 4.69) is 31.9 Å². The van der Waals surface area contributed by atoms with E-state index >= 15 is 0 Å². The van der Waals surface area contributed by atoms with E-state index in [4.69, 9.17) is 19.4 Å². The summed E-state index contributed by atoms with van der Waals surface area (Å²) >= 11 is 7.20. The average molecular weight is 500 g/mol. The molecule has 0 fully saturated rings. The van der Waals surface area contributed by atoms with Crippen LogP contribution in [0.25, 0.3) is 33.5 Å². The molecule has 0 aliphatic rings. The van der Waals surface area contributed by atoms with Crippen molar-refractivity contribution >= 4 is 42.9 Å². The van der Waals surface area contributed by atoms with Crippen molar-refractivity contribution < 1.29 is 9.47 Å². The van der Waals surface area contributed by atoms with Crippen molar-refractivity contribution in [1.82, 2.24) is 9.97 Å². The van der Waals surface area contributed by atoms with E-state index in [1.54, 1.807) is 14.2 Å². The van der Waals surface area contributed by atoms with Crippen LogP contribution in [-0.4, -0.2) is 24.2 Å². The highest BCUT2D eigenvalue weighted by Gasteiger charge is 2.17. The largest absolute Gasteiger partial charge is 0.497 e. The number of hydrogen-bond donors (Lipinski definition) is 0. The Morgan fingerprint density at radius 2 is 1.07 bits per heavy atom. The highest BCUT2D eigenvalue weighted by atomic mass is 79.9. The van der Waals surface area contributed by atoms with Crippen LogP contribution in [0.4, 0.5) is 0 Å². The highest BCUT2D eigenvalue weighted by molar-refractivity contribution is 9.11. The summed E-state index contributed by atoms with van der Waals surface area (Å²) in [4.78, 5) is 9.95. The average Bonchev–Trinajstić information content (AvgIpc) is 2.75. The zero-order valence-corrected chi connectivity index (χ0v) is 18.4. The van der Waals surface area contributed by atoms with Gasteiger partial charge in [-0.15, -0.1) is 0 Å². The number of ether oxygens (including phenoxy) is 2. The van der Waals surface area contributed by atoms with Gasteiger partial charge in [0, 0.05) is 20.1 Å². The van der Waals surface area contributed by atoms with Gasteiger partial charge in [-0.25, -0.2) is 9.97 Å². The van der Waals surface area contributed by atoms with Crippen LogP contribution in [0, 0.1) is 0 Å². The van der Waals surface area contributed by atoms with Crippen LogP contribution < -0.4 is 9.47 Å². The van der Waals surface area contributed by atoms with E-state index in [0.717, 1.165) is 54.0 Å². The molecule has 6 heteroatoms. The number of aromatic nitrogens is 2. The SMILES string of the molecule is COc1cccc(-c2nc3c(Br)ccc(Br)c3nc2-c2cccc(OC)c2)c1. The highest BCUT2D eigenvalue weighted by Crippen LogP contribution is 2.37. The first-order valence-corrected chi connectivity index (χ1v) is 10.1. The molecule has 4 rings (SSSR count). The molecule has 1 aromatic heterocycles. The molecule has 0 bridgehead atoms. The minimum Gasteiger partial charge on any atom is -0.497 e. The second kappa shape index (κ2) is 7.89. The van der Waals surface area contributed by atoms with Gasteiger partial charge >= 0.3 is 0 Å². The number of methoxy groups -OCH3 is 2. The number of hydrogen-bond acceptors (Lipinski definition) is 4. The van der Waals surface area contributed by atoms with Crippen LogP contribution in [-0.2, 0) is 0 Å². The first kappa shape index (κ1) is 18.9. The fraction of sp³-hybridized carbons (Fsp3) is 0.0909. The van der Waals surface area contributed by atoms with E-state index in [1.165, 1.54) is 0 Å². The summed E-state index contributed by atoms with van der Waals surface area (Å²) in [7, 11) is 3.31. The molecule has 0 atom stereocenters. The summed E-state index contributed by atoms with van der Waals surface area (Å²) in [6.07, 6.45) is 0. The third-order valence-corrected chi connectivity index (χ3v) is 5.69. The zero-order valence-electron chi connectivity index (χ0n) is 15.2. The Bertz CT molecular complexity index is 1090. The van der Waals surface area contributed by atoms with Gasteiger partial charge in [0.05, 0.1) is 25.6 Å². The predicted molar refractivity (Wildman–Crippen MR) is 119 cm³/mol. The normalized spacial score (nSPS) is 10.9. The monoisotopic (exact) mass is 498 g/mol. The quantitative estimate of drug-likeness (QED) is 0.321. The van der Waals surface area contributed by atoms with E-state index in [-0.39, 0.29) is 0 Å². The van der Waals surface area contributed by atoms with Crippen molar-refractivity contribution in [3.8, 4) is 34.0 Å². The summed E-state index contributed by atoms with van der Waals surface area (Å²) < 4.78 is 12.6. The van der Waals surface area contributed by atoms with Gasteiger partial charge in [0.1, 0.15) is 22.5 Å². The maximum Gasteiger partial charge on any atom is 0.119 e. The van der Waals surface area contributed by atoms with E-state index < -0.39 is 0 Å². The van der Waals surface area contributed by atoms with Gasteiger partial charge in [0.25, 0.3) is 0 Å². The van der Waals surface area contributed by atoms with E-state index in [1.807, 2.05) is 60.7 Å². The summed E-state index contributed by atoms with van der Waals surface area (Å²) in [5, 5.41) is 0. The van der Waals surface area contributed by atoms with Crippen molar-refractivity contribution in [3.05, 3.63) is 69.6 Å². The van der Waals surface area contributed by atoms with Crippen LogP contribution in [0.1, 0.15) is 0 Å². The van der Waals surface area contributed by atoms with E-state index in [0.29, 0.717) is 0 Å². The van der Waals surface area contributed by atoms with Crippen molar-refractivity contribution in [2.45, 2.75) is 0 Å². The van der Waals surface area contributed by atoms with Gasteiger partial charge in [-0.3, -0.25) is 0 Å². The summed E-state index contributed by atoms with van der Waals surface area (Å²) in [6, 6.07) is 19.6. The van der Waals surface area contributed by atoms with Crippen LogP contribution >= 0.6 is 31.9 Å². The Hall–Kier alpha value is -2.44. The lowest BCUT2D eigenvalue weighted by molar-refractivity contribution is 0.415. The summed E-state index contributed by atoms with van der Waals surface area (Å²) in [5.41, 5.74) is 4.99. The molecule has 0 aliphatic heterocycles. The Kier molecular flexibility index (Phi) is 5.33. The van der Waals surface area contributed by atoms with Gasteiger partial charge in [0.15, 0.2) is 0 Å². The molecule has 0 spiro atoms. The number of benzene rings is 3. The van der Waals surface area contributed by atoms with Crippen molar-refractivity contribution in [2.24, 2.45) is 0 Å². The lowest BCUT2D eigenvalue weighted by atomic mass is 10.0. The predicted octanol–water partition coefficient (Wildman–Crippen LogP) is 6.51. The number of nitrogens with zero attached hydrogens (tertiary/aromatic N) is 2. The third kappa shape index (κ3) is 3.50. The Balaban J connectivity index is 2.06. The standard InChI is InChI=1S/C22H16Br2N2O2/c1-27-15-7-3-5-13(11-15)19-20(14-6-4-8-16(12-14)28-2)26-22-18(24)10-9-17(23)21(22)25-19/h3-12H,1-2H3. The van der Waals surface area contributed by atoms with Crippen LogP contribution in [0.2, 0.25) is 0 Å². The lowest BCUT2D eigenvalue weighted by Crippen LogP contribution is -1.97. The van der Waals surface area contributed by atoms with E-state index in [9.17, 15) is 0 Å². The first-order valence-electron chi connectivity index (χ1n) is 8.55. The van der Waals surface area contributed by atoms with Gasteiger partial charge in [-0.05, 0) is 68.3 Å². The Morgan fingerprint density at radius 3 is 1.46 bits per heavy atom. The number of rotatable bonds is 4. The summed E-state index contributed by atoms with van der Waals surface area (Å²) in [6.45, 7) is 0. The maximum absolute atomic E-state index is 5.40. The molecule has 0 saturated heterocycles. The Morgan fingerprint density at radius 1 is 0.643 bits per heavy atom. The molecule has 0 radical (unpaired) electrons. The van der Waals surface area contributed by atoms with Crippen molar-refractivity contribution in [3.63, 3.8) is 0 Å². The van der Waals surface area contributed by atoms with Gasteiger partial charge in [-0.1, -0.05) is 24.3 Å². The molecule has 3 aromatic carbocycles. The molecular weight excluding hydrogens is 484 g/mol. The molecular formula is C22H16Br2N2O2. The minimum atomic E-state index is 0.768. The molecule has 0 aliphatic carbocycles. The first-order chi connectivity index (χ1) is 13.6. The fourth-order valence-electron chi connectivity index (χ4n) is 3.02. The maximum atomic E-state index is 5.40. The summed E-state index contributed by atoms with van der Waals surface area (Å²) in [5.74, 6) is 1.54. The molecule has 1 heterocycles. The molecule has 0 N–H and O–H groups in total. The second-order valence-electron chi connectivity index (χ2n) is 6.11. The molecule has 0 unspecified atom stereocenters. The topological polar surface area (TPSA) is 44.2 Å². The molecule has 0 saturated carbocycles. The molecule has 140 valence electrons. The number of halogens is 2. The molecule has 4 aromatic rings. The molecule has 28 heavy (non-hydrogen) atoms. The second-order valence-corrected chi connectivity index (χ2v) is 7.82. The smallest absolute Gasteiger partial charge is 0.119 e. The minimum absolute atomic E-state index is 0.768. The zero-order chi connectivity index (χ0) is 19.7. The van der Waals surface area contributed by atoms with Crippen molar-refractivity contribution in [1.29, 1.82) is 0 Å².